The van der Waals surface area contributed by atoms with E-state index in [1.807, 2.05) is 18.2 Å². The van der Waals surface area contributed by atoms with E-state index in [4.69, 9.17) is 0 Å². The number of rotatable bonds is 1. The Kier molecular flexibility index (Phi) is 2.52. The van der Waals surface area contributed by atoms with Crippen LogP contribution in [0.2, 0.25) is 0 Å². The van der Waals surface area contributed by atoms with E-state index >= 15 is 0 Å². The van der Waals surface area contributed by atoms with Gasteiger partial charge in [0.05, 0.1) is 11.0 Å². The zero-order chi connectivity index (χ0) is 11.0. The molecular formula is C10H5IN4S. The lowest BCUT2D eigenvalue weighted by molar-refractivity contribution is 1.07. The summed E-state index contributed by atoms with van der Waals surface area (Å²) >= 11 is 3.73. The van der Waals surface area contributed by atoms with Crippen LogP contribution in [0.4, 0.5) is 0 Å². The molecule has 0 unspecified atom stereocenters. The second-order valence-electron chi connectivity index (χ2n) is 3.12. The number of fused-ring (bicyclic) bond motifs is 1. The predicted octanol–water partition coefficient (Wildman–Crippen LogP) is 2.75. The molecule has 78 valence electrons. The number of hydrogen-bond donors (Lipinski definition) is 0. The zero-order valence-corrected chi connectivity index (χ0v) is 10.9. The molecule has 0 amide bonds. The van der Waals surface area contributed by atoms with E-state index in [1.54, 1.807) is 23.7 Å². The Morgan fingerprint density at radius 1 is 1.00 bits per heavy atom. The summed E-state index contributed by atoms with van der Waals surface area (Å²) in [5.41, 5.74) is 2.81. The summed E-state index contributed by atoms with van der Waals surface area (Å²) < 4.78 is 0.937. The fraction of sp³-hybridized carbons (Fsp3) is 0. The van der Waals surface area contributed by atoms with Crippen LogP contribution in [0.15, 0.2) is 30.6 Å². The van der Waals surface area contributed by atoms with Crippen LogP contribution in [0, 0.1) is 3.01 Å². The minimum absolute atomic E-state index is 0.880. The molecule has 1 aromatic carbocycles. The molecule has 0 bridgehead atoms. The molecule has 0 N–H and O–H groups in total. The molecule has 0 aliphatic carbocycles. The molecule has 0 atom stereocenters. The Labute approximate surface area is 109 Å². The third-order valence-electron chi connectivity index (χ3n) is 2.12. The molecular weight excluding hydrogens is 335 g/mol. The molecule has 2 heterocycles. The van der Waals surface area contributed by atoms with Crippen LogP contribution in [-0.2, 0) is 0 Å². The Morgan fingerprint density at radius 3 is 2.56 bits per heavy atom. The van der Waals surface area contributed by atoms with Crippen LogP contribution in [0.1, 0.15) is 0 Å². The smallest absolute Gasteiger partial charge is 0.178 e. The summed E-state index contributed by atoms with van der Waals surface area (Å²) in [5, 5.41) is 9.01. The van der Waals surface area contributed by atoms with Gasteiger partial charge in [-0.3, -0.25) is 9.97 Å². The van der Waals surface area contributed by atoms with E-state index in [1.165, 1.54) is 0 Å². The van der Waals surface area contributed by atoms with Crippen molar-refractivity contribution in [2.75, 3.05) is 0 Å². The largest absolute Gasteiger partial charge is 0.253 e. The summed E-state index contributed by atoms with van der Waals surface area (Å²) in [4.78, 5) is 8.49. The highest BCUT2D eigenvalue weighted by Gasteiger charge is 2.05. The Morgan fingerprint density at radius 2 is 1.81 bits per heavy atom. The van der Waals surface area contributed by atoms with Gasteiger partial charge in [-0.15, -0.1) is 10.2 Å². The van der Waals surface area contributed by atoms with Gasteiger partial charge >= 0.3 is 0 Å². The second-order valence-corrected chi connectivity index (χ2v) is 5.85. The van der Waals surface area contributed by atoms with Crippen LogP contribution in [0.5, 0.6) is 0 Å². The molecule has 0 aliphatic heterocycles. The lowest BCUT2D eigenvalue weighted by Crippen LogP contribution is -1.83. The highest BCUT2D eigenvalue weighted by Crippen LogP contribution is 2.26. The van der Waals surface area contributed by atoms with Crippen molar-refractivity contribution in [3.8, 4) is 10.6 Å². The first-order valence-corrected chi connectivity index (χ1v) is 6.42. The van der Waals surface area contributed by atoms with Crippen molar-refractivity contribution in [3.05, 3.63) is 33.6 Å². The SMILES string of the molecule is Ic1nnc(-c2ccc3nccnc3c2)s1. The average molecular weight is 340 g/mol. The third kappa shape index (κ3) is 1.78. The number of benzene rings is 1. The van der Waals surface area contributed by atoms with Crippen molar-refractivity contribution in [2.45, 2.75) is 0 Å². The van der Waals surface area contributed by atoms with E-state index < -0.39 is 0 Å². The molecule has 0 saturated carbocycles. The summed E-state index contributed by atoms with van der Waals surface area (Å²) in [5.74, 6) is 0. The Hall–Kier alpha value is -1.15. The molecule has 16 heavy (non-hydrogen) atoms. The molecule has 0 aliphatic rings. The van der Waals surface area contributed by atoms with E-state index in [0.717, 1.165) is 24.6 Å². The standard InChI is InChI=1S/C10H5IN4S/c11-10-15-14-9(16-10)6-1-2-7-8(5-6)13-4-3-12-7/h1-5H. The molecule has 0 radical (unpaired) electrons. The van der Waals surface area contributed by atoms with Crippen LogP contribution in [0.25, 0.3) is 21.6 Å². The predicted molar refractivity (Wildman–Crippen MR) is 71.2 cm³/mol. The zero-order valence-electron chi connectivity index (χ0n) is 7.96. The van der Waals surface area contributed by atoms with Crippen molar-refractivity contribution < 1.29 is 0 Å². The van der Waals surface area contributed by atoms with E-state index in [2.05, 4.69) is 42.8 Å². The monoisotopic (exact) mass is 340 g/mol. The maximum atomic E-state index is 4.27. The van der Waals surface area contributed by atoms with Gasteiger partial charge in [-0.05, 0) is 40.8 Å². The van der Waals surface area contributed by atoms with E-state index in [0.29, 0.717) is 0 Å². The lowest BCUT2D eigenvalue weighted by atomic mass is 10.2. The van der Waals surface area contributed by atoms with Crippen molar-refractivity contribution >= 4 is 45.0 Å². The number of aromatic nitrogens is 4. The van der Waals surface area contributed by atoms with E-state index in [-0.39, 0.29) is 0 Å². The van der Waals surface area contributed by atoms with E-state index in [9.17, 15) is 0 Å². The van der Waals surface area contributed by atoms with Gasteiger partial charge < -0.3 is 0 Å². The lowest BCUT2D eigenvalue weighted by Gasteiger charge is -1.97. The highest BCUT2D eigenvalue weighted by atomic mass is 127. The maximum Gasteiger partial charge on any atom is 0.178 e. The second kappa shape index (κ2) is 4.02. The summed E-state index contributed by atoms with van der Waals surface area (Å²) in [6.45, 7) is 0. The first kappa shape index (κ1) is 10.0. The maximum absolute atomic E-state index is 4.27. The van der Waals surface area contributed by atoms with Gasteiger partial charge in [-0.25, -0.2) is 0 Å². The molecule has 0 spiro atoms. The van der Waals surface area contributed by atoms with Gasteiger partial charge in [0.1, 0.15) is 5.01 Å². The molecule has 4 nitrogen and oxygen atoms in total. The molecule has 0 fully saturated rings. The fourth-order valence-electron chi connectivity index (χ4n) is 1.42. The normalized spacial score (nSPS) is 10.8. The topological polar surface area (TPSA) is 51.6 Å². The summed E-state index contributed by atoms with van der Waals surface area (Å²) in [6, 6.07) is 5.93. The average Bonchev–Trinajstić information content (AvgIpc) is 2.75. The molecule has 0 saturated heterocycles. The van der Waals surface area contributed by atoms with Gasteiger partial charge in [0, 0.05) is 18.0 Å². The first-order valence-electron chi connectivity index (χ1n) is 4.53. The number of nitrogens with zero attached hydrogens (tertiary/aromatic N) is 4. The van der Waals surface area contributed by atoms with Crippen molar-refractivity contribution in [1.82, 2.24) is 20.2 Å². The van der Waals surface area contributed by atoms with Gasteiger partial charge in [-0.1, -0.05) is 11.3 Å². The van der Waals surface area contributed by atoms with Gasteiger partial charge in [0.2, 0.25) is 0 Å². The van der Waals surface area contributed by atoms with Crippen molar-refractivity contribution in [1.29, 1.82) is 0 Å². The molecule has 6 heteroatoms. The Balaban J connectivity index is 2.18. The van der Waals surface area contributed by atoms with Crippen LogP contribution in [-0.4, -0.2) is 20.2 Å². The van der Waals surface area contributed by atoms with Crippen LogP contribution < -0.4 is 0 Å². The Bertz CT molecular complexity index is 652. The summed E-state index contributed by atoms with van der Waals surface area (Å²) in [6.07, 6.45) is 3.38. The molecule has 2 aromatic heterocycles. The van der Waals surface area contributed by atoms with Gasteiger partial charge in [0.25, 0.3) is 0 Å². The van der Waals surface area contributed by atoms with Gasteiger partial charge in [-0.2, -0.15) is 0 Å². The van der Waals surface area contributed by atoms with Gasteiger partial charge in [0.15, 0.2) is 3.01 Å². The van der Waals surface area contributed by atoms with Crippen LogP contribution >= 0.6 is 33.9 Å². The molecule has 3 rings (SSSR count). The quantitative estimate of drug-likeness (QED) is 0.639. The number of halogens is 1. The summed E-state index contributed by atoms with van der Waals surface area (Å²) in [7, 11) is 0. The van der Waals surface area contributed by atoms with Crippen molar-refractivity contribution in [3.63, 3.8) is 0 Å². The minimum atomic E-state index is 0.880. The van der Waals surface area contributed by atoms with Crippen LogP contribution in [0.3, 0.4) is 0 Å². The van der Waals surface area contributed by atoms with Crippen molar-refractivity contribution in [2.24, 2.45) is 0 Å². The minimum Gasteiger partial charge on any atom is -0.253 e. The highest BCUT2D eigenvalue weighted by molar-refractivity contribution is 14.1. The number of hydrogen-bond acceptors (Lipinski definition) is 5. The fourth-order valence-corrected chi connectivity index (χ4v) is 2.72. The third-order valence-corrected chi connectivity index (χ3v) is 3.75. The first-order chi connectivity index (χ1) is 7.83. The molecule has 3 aromatic rings.